The molecule has 94 valence electrons. The third-order valence-electron chi connectivity index (χ3n) is 2.21. The minimum Gasteiger partial charge on any atom is -0.461 e. The third-order valence-corrected chi connectivity index (χ3v) is 3.44. The van der Waals surface area contributed by atoms with E-state index in [1.807, 2.05) is 0 Å². The van der Waals surface area contributed by atoms with Gasteiger partial charge in [0.05, 0.1) is 11.6 Å². The lowest BCUT2D eigenvalue weighted by Crippen LogP contribution is -2.06. The van der Waals surface area contributed by atoms with Gasteiger partial charge in [0.25, 0.3) is 0 Å². The average molecular weight is 331 g/mol. The van der Waals surface area contributed by atoms with E-state index in [2.05, 4.69) is 31.3 Å². The van der Waals surface area contributed by atoms with Crippen LogP contribution >= 0.6 is 27.5 Å². The van der Waals surface area contributed by atoms with Crippen molar-refractivity contribution in [1.82, 2.24) is 15.4 Å². The molecule has 0 unspecified atom stereocenters. The molecule has 7 heteroatoms. The van der Waals surface area contributed by atoms with Gasteiger partial charge in [-0.15, -0.1) is 5.10 Å². The van der Waals surface area contributed by atoms with Crippen molar-refractivity contribution >= 4 is 33.5 Å². The monoisotopic (exact) mass is 329 g/mol. The van der Waals surface area contributed by atoms with E-state index in [9.17, 15) is 4.79 Å². The number of halogens is 2. The highest BCUT2D eigenvalue weighted by atomic mass is 79.9. The first-order valence-electron chi connectivity index (χ1n) is 5.16. The number of carbonyl (C=O) groups is 1. The Kier molecular flexibility index (Phi) is 3.98. The molecule has 18 heavy (non-hydrogen) atoms. The smallest absolute Gasteiger partial charge is 0.361 e. The fourth-order valence-electron chi connectivity index (χ4n) is 1.42. The van der Waals surface area contributed by atoms with Gasteiger partial charge in [-0.1, -0.05) is 17.7 Å². The molecule has 1 aromatic carbocycles. The van der Waals surface area contributed by atoms with Crippen LogP contribution in [0.3, 0.4) is 0 Å². The number of aromatic amines is 1. The lowest BCUT2D eigenvalue weighted by Gasteiger charge is -2.02. The molecule has 0 radical (unpaired) electrons. The normalized spacial score (nSPS) is 10.4. The van der Waals surface area contributed by atoms with Gasteiger partial charge in [-0.2, -0.15) is 10.3 Å². The quantitative estimate of drug-likeness (QED) is 0.878. The number of benzene rings is 1. The van der Waals surface area contributed by atoms with Gasteiger partial charge in [0.15, 0.2) is 5.69 Å². The number of ether oxygens (including phenoxy) is 1. The van der Waals surface area contributed by atoms with Crippen LogP contribution in [-0.2, 0) is 4.74 Å². The summed E-state index contributed by atoms with van der Waals surface area (Å²) >= 11 is 9.30. The molecule has 0 amide bonds. The van der Waals surface area contributed by atoms with E-state index < -0.39 is 5.97 Å². The lowest BCUT2D eigenvalue weighted by molar-refractivity contribution is 0.0520. The summed E-state index contributed by atoms with van der Waals surface area (Å²) in [4.78, 5) is 11.7. The number of hydrogen-bond acceptors (Lipinski definition) is 4. The molecule has 2 aromatic rings. The first-order chi connectivity index (χ1) is 8.63. The number of nitrogens with one attached hydrogen (secondary N) is 1. The third kappa shape index (κ3) is 2.54. The minimum absolute atomic E-state index is 0.148. The highest BCUT2D eigenvalue weighted by Crippen LogP contribution is 2.29. The Morgan fingerprint density at radius 1 is 1.50 bits per heavy atom. The number of carbonyl (C=O) groups excluding carboxylic acids is 1. The van der Waals surface area contributed by atoms with Crippen LogP contribution in [0, 0.1) is 0 Å². The zero-order chi connectivity index (χ0) is 13.1. The number of esters is 1. The van der Waals surface area contributed by atoms with Crippen molar-refractivity contribution in [3.8, 4) is 11.3 Å². The largest absolute Gasteiger partial charge is 0.461 e. The second-order valence-electron chi connectivity index (χ2n) is 3.37. The molecular weight excluding hydrogens is 321 g/mol. The summed E-state index contributed by atoms with van der Waals surface area (Å²) in [5.74, 6) is -0.514. The number of nitrogens with zero attached hydrogens (tertiary/aromatic N) is 2. The summed E-state index contributed by atoms with van der Waals surface area (Å²) in [6.07, 6.45) is 0. The standard InChI is InChI=1S/C11H9BrClN3O2/c1-2-18-11(17)10-9(14-16-15-10)6-3-4-7(12)8(13)5-6/h3-5H,2H2,1H3,(H,14,15,16). The maximum atomic E-state index is 11.7. The lowest BCUT2D eigenvalue weighted by atomic mass is 10.1. The molecule has 0 fully saturated rings. The summed E-state index contributed by atoms with van der Waals surface area (Å²) in [5.41, 5.74) is 1.26. The average Bonchev–Trinajstić information content (AvgIpc) is 2.82. The zero-order valence-corrected chi connectivity index (χ0v) is 11.7. The number of rotatable bonds is 3. The predicted molar refractivity (Wildman–Crippen MR) is 70.5 cm³/mol. The van der Waals surface area contributed by atoms with E-state index in [1.54, 1.807) is 25.1 Å². The molecule has 0 bridgehead atoms. The van der Waals surface area contributed by atoms with Crippen molar-refractivity contribution in [3.63, 3.8) is 0 Å². The Morgan fingerprint density at radius 2 is 2.28 bits per heavy atom. The Morgan fingerprint density at radius 3 is 2.94 bits per heavy atom. The van der Waals surface area contributed by atoms with E-state index in [-0.39, 0.29) is 12.3 Å². The zero-order valence-electron chi connectivity index (χ0n) is 9.41. The second-order valence-corrected chi connectivity index (χ2v) is 4.63. The molecule has 1 heterocycles. The van der Waals surface area contributed by atoms with Crippen LogP contribution in [0.4, 0.5) is 0 Å². The Labute approximate surface area is 117 Å². The molecule has 0 aliphatic carbocycles. The van der Waals surface area contributed by atoms with E-state index in [0.29, 0.717) is 16.3 Å². The van der Waals surface area contributed by atoms with E-state index >= 15 is 0 Å². The van der Waals surface area contributed by atoms with Gasteiger partial charge in [0.2, 0.25) is 0 Å². The predicted octanol–water partition coefficient (Wildman–Crippen LogP) is 3.06. The molecule has 0 saturated carbocycles. The Balaban J connectivity index is 2.42. The van der Waals surface area contributed by atoms with Gasteiger partial charge in [0.1, 0.15) is 5.69 Å². The number of hydrogen-bond donors (Lipinski definition) is 1. The van der Waals surface area contributed by atoms with Gasteiger partial charge in [0, 0.05) is 10.0 Å². The van der Waals surface area contributed by atoms with Crippen LogP contribution in [0.25, 0.3) is 11.3 Å². The molecule has 0 saturated heterocycles. The van der Waals surface area contributed by atoms with Crippen LogP contribution in [0.1, 0.15) is 17.4 Å². The molecule has 0 spiro atoms. The summed E-state index contributed by atoms with van der Waals surface area (Å²) < 4.78 is 5.67. The first kappa shape index (κ1) is 13.0. The second kappa shape index (κ2) is 5.49. The molecule has 5 nitrogen and oxygen atoms in total. The van der Waals surface area contributed by atoms with Gasteiger partial charge in [-0.05, 0) is 35.0 Å². The number of H-pyrrole nitrogens is 1. The molecule has 0 aliphatic rings. The molecule has 0 aliphatic heterocycles. The first-order valence-corrected chi connectivity index (χ1v) is 6.34. The van der Waals surface area contributed by atoms with Crippen LogP contribution < -0.4 is 0 Å². The SMILES string of the molecule is CCOC(=O)c1n[nH]nc1-c1ccc(Br)c(Cl)c1. The molecule has 2 rings (SSSR count). The summed E-state index contributed by atoms with van der Waals surface area (Å²) in [5, 5.41) is 10.7. The van der Waals surface area contributed by atoms with Crippen LogP contribution in [0.5, 0.6) is 0 Å². The fraction of sp³-hybridized carbons (Fsp3) is 0.182. The van der Waals surface area contributed by atoms with Gasteiger partial charge < -0.3 is 4.74 Å². The summed E-state index contributed by atoms with van der Waals surface area (Å²) in [7, 11) is 0. The molecular formula is C11H9BrClN3O2. The van der Waals surface area contributed by atoms with E-state index in [0.717, 1.165) is 4.47 Å². The fourth-order valence-corrected chi connectivity index (χ4v) is 1.84. The van der Waals surface area contributed by atoms with Crippen molar-refractivity contribution in [2.75, 3.05) is 6.61 Å². The van der Waals surface area contributed by atoms with Crippen LogP contribution in [0.2, 0.25) is 5.02 Å². The van der Waals surface area contributed by atoms with Crippen LogP contribution in [-0.4, -0.2) is 28.0 Å². The van der Waals surface area contributed by atoms with Crippen molar-refractivity contribution in [2.24, 2.45) is 0 Å². The van der Waals surface area contributed by atoms with Crippen molar-refractivity contribution in [3.05, 3.63) is 33.4 Å². The highest BCUT2D eigenvalue weighted by molar-refractivity contribution is 9.10. The van der Waals surface area contributed by atoms with Gasteiger partial charge >= 0.3 is 5.97 Å². The minimum atomic E-state index is -0.514. The topological polar surface area (TPSA) is 67.9 Å². The van der Waals surface area contributed by atoms with Crippen molar-refractivity contribution in [2.45, 2.75) is 6.92 Å². The van der Waals surface area contributed by atoms with Gasteiger partial charge in [-0.3, -0.25) is 0 Å². The van der Waals surface area contributed by atoms with Crippen molar-refractivity contribution < 1.29 is 9.53 Å². The maximum Gasteiger partial charge on any atom is 0.361 e. The molecule has 1 aromatic heterocycles. The Bertz CT molecular complexity index is 585. The van der Waals surface area contributed by atoms with E-state index in [1.165, 1.54) is 0 Å². The van der Waals surface area contributed by atoms with Gasteiger partial charge in [-0.25, -0.2) is 4.79 Å². The highest BCUT2D eigenvalue weighted by Gasteiger charge is 2.19. The number of aromatic nitrogens is 3. The van der Waals surface area contributed by atoms with E-state index in [4.69, 9.17) is 16.3 Å². The summed E-state index contributed by atoms with van der Waals surface area (Å²) in [6, 6.07) is 5.27. The summed E-state index contributed by atoms with van der Waals surface area (Å²) in [6.45, 7) is 2.01. The maximum absolute atomic E-state index is 11.7. The Hall–Kier alpha value is -1.40. The van der Waals surface area contributed by atoms with Crippen molar-refractivity contribution in [1.29, 1.82) is 0 Å². The molecule has 0 atom stereocenters. The molecule has 1 N–H and O–H groups in total. The van der Waals surface area contributed by atoms with Crippen LogP contribution in [0.15, 0.2) is 22.7 Å².